The first-order valence-corrected chi connectivity index (χ1v) is 6.49. The third kappa shape index (κ3) is 18.5. The fourth-order valence-electron chi connectivity index (χ4n) is 0.717. The number of hydrogen-bond donors (Lipinski definition) is 0. The number of rotatable bonds is 0. The van der Waals surface area contributed by atoms with Crippen LogP contribution >= 0.6 is 0 Å². The van der Waals surface area contributed by atoms with E-state index < -0.39 is 0 Å². The van der Waals surface area contributed by atoms with Crippen molar-refractivity contribution in [3.8, 4) is 143 Å². The van der Waals surface area contributed by atoms with Gasteiger partial charge in [0.2, 0.25) is 0 Å². The zero-order valence-corrected chi connectivity index (χ0v) is 13.4. The molecule has 0 aromatic rings. The second-order valence-electron chi connectivity index (χ2n) is 3.12. The van der Waals surface area contributed by atoms with Crippen molar-refractivity contribution >= 4 is 0 Å². The van der Waals surface area contributed by atoms with Gasteiger partial charge in [-0.15, -0.1) is 6.42 Å². The molecule has 0 aromatic carbocycles. The lowest BCUT2D eigenvalue weighted by Gasteiger charge is -1.57. The minimum Gasteiger partial charge on any atom is -0.106 e. The molecule has 0 bridgehead atoms. The van der Waals surface area contributed by atoms with Crippen LogP contribution in [0.25, 0.3) is 0 Å². The van der Waals surface area contributed by atoms with Gasteiger partial charge >= 0.3 is 0 Å². The molecule has 0 atom stereocenters. The Labute approximate surface area is 191 Å². The highest BCUT2D eigenvalue weighted by Crippen LogP contribution is 1.59. The summed E-state index contributed by atoms with van der Waals surface area (Å²) in [6.45, 7) is 3.43. The van der Waals surface area contributed by atoms with Crippen molar-refractivity contribution in [1.29, 1.82) is 0 Å². The Morgan fingerprint density at radius 1 is 0.423 bits per heavy atom. The van der Waals surface area contributed by atoms with E-state index in [0.29, 0.717) is 0 Å². The summed E-state index contributed by atoms with van der Waals surface area (Å²) >= 11 is 0. The maximum Gasteiger partial charge on any atom is 0 e. The Bertz CT molecular complexity index is 1340. The molecular weight excluding hydrogens is 312 g/mol. The van der Waals surface area contributed by atoms with Crippen LogP contribution in [-0.2, 0) is 0 Å². The Morgan fingerprint density at radius 3 is 0.885 bits per heavy atom. The van der Waals surface area contributed by atoms with Crippen LogP contribution in [0.3, 0.4) is 0 Å². The van der Waals surface area contributed by atoms with Gasteiger partial charge in [-0.1, -0.05) is 12.5 Å². The van der Waals surface area contributed by atoms with Crippen LogP contribution in [0.5, 0.6) is 0 Å². The summed E-state index contributed by atoms with van der Waals surface area (Å²) < 4.78 is 0. The lowest BCUT2D eigenvalue weighted by Crippen LogP contribution is -1.56. The largest absolute Gasteiger partial charge is 0.106 e. The number of allylic oxidation sites excluding steroid dienone is 1. The zero-order valence-electron chi connectivity index (χ0n) is 13.4. The first kappa shape index (κ1) is 20.5. The van der Waals surface area contributed by atoms with Crippen LogP contribution < -0.4 is 0 Å². The second kappa shape index (κ2) is 19.5. The zero-order chi connectivity index (χ0) is 19.0. The molecule has 0 aromatic heterocycles. The summed E-state index contributed by atoms with van der Waals surface area (Å²) in [6.07, 6.45) is 6.36. The average Bonchev–Trinajstić information content (AvgIpc) is 2.66. The highest BCUT2D eigenvalue weighted by Gasteiger charge is 1.59. The van der Waals surface area contributed by atoms with Gasteiger partial charge in [-0.2, -0.15) is 0 Å². The van der Waals surface area contributed by atoms with Crippen molar-refractivity contribution in [2.45, 2.75) is 0 Å². The summed E-state index contributed by atoms with van der Waals surface area (Å²) in [5, 5.41) is 0. The highest BCUT2D eigenvalue weighted by molar-refractivity contribution is 5.47. The van der Waals surface area contributed by atoms with Crippen molar-refractivity contribution in [2.24, 2.45) is 0 Å². The molecule has 0 saturated heterocycles. The predicted molar refractivity (Wildman–Crippen MR) is 155 cm³/mol. The predicted octanol–water partition coefficient (Wildman–Crippen LogP) is 6.75. The minimum absolute atomic E-state index is 0. The molecule has 0 N–H and O–H groups in total. The Balaban J connectivity index is -0.0000000113. The fraction of sp³-hybridized carbons (Fsp3) is 0. The lowest BCUT2D eigenvalue weighted by molar-refractivity contribution is 2.27. The van der Waals surface area contributed by atoms with Gasteiger partial charge in [0, 0.05) is 69.8 Å². The average molecular weight is 365 g/mol. The van der Waals surface area contributed by atoms with E-state index in [2.05, 4.69) is 143 Å². The second-order valence-corrected chi connectivity index (χ2v) is 3.12. The monoisotopic (exact) mass is 364 g/mol. The maximum atomic E-state index is 4.91. The molecule has 0 spiro atoms. The number of terminal acetylenes is 1. The van der Waals surface area contributed by atoms with Gasteiger partial charge in [0.1, 0.15) is 0 Å². The normalized spacial score (nSPS) is 3.96. The molecular formula is C26H52. The van der Waals surface area contributed by atoms with Crippen molar-refractivity contribution in [3.63, 3.8) is 0 Å². The van der Waals surface area contributed by atoms with Crippen LogP contribution in [0, 0.1) is 143 Å². The molecule has 0 fully saturated rings. The van der Waals surface area contributed by atoms with Crippen molar-refractivity contribution in [2.75, 3.05) is 0 Å². The smallest absolute Gasteiger partial charge is 0 e. The van der Waals surface area contributed by atoms with Crippen LogP contribution in [0.4, 0.5) is 0 Å². The van der Waals surface area contributed by atoms with Gasteiger partial charge in [-0.05, 0) is 101 Å². The topological polar surface area (TPSA) is 0 Å². The first-order chi connectivity index (χ1) is 12.9. The van der Waals surface area contributed by atoms with Gasteiger partial charge in [0.25, 0.3) is 0 Å². The molecule has 0 heterocycles. The van der Waals surface area contributed by atoms with Crippen molar-refractivity contribution < 1.29 is 34.2 Å². The SMILES string of the molecule is C#CC#CC#CC#CC#CC#CC#CC#CC#CC#CC#CC#CC=C.[HH].[HH].[HH].[HH].[HH].[HH].[HH].[HH].[HH].[HH].[HH].[HH].[HH].[HH].[HH].[HH].[HH].[HH].[HH].[HH].[HH].[HH].[HH].[HH]. The summed E-state index contributed by atoms with van der Waals surface area (Å²) in [7, 11) is 0. The van der Waals surface area contributed by atoms with E-state index in [9.17, 15) is 0 Å². The molecule has 0 aliphatic heterocycles. The summed E-state index contributed by atoms with van der Waals surface area (Å²) in [6, 6.07) is 0. The third-order valence-corrected chi connectivity index (χ3v) is 1.50. The molecule has 26 heavy (non-hydrogen) atoms. The molecule has 0 nitrogen and oxygen atoms in total. The molecule has 0 aliphatic rings. The molecule has 0 radical (unpaired) electrons. The van der Waals surface area contributed by atoms with E-state index in [1.54, 1.807) is 0 Å². The van der Waals surface area contributed by atoms with Crippen LogP contribution in [0.15, 0.2) is 12.7 Å². The van der Waals surface area contributed by atoms with Gasteiger partial charge in [-0.25, -0.2) is 0 Å². The van der Waals surface area contributed by atoms with E-state index in [4.69, 9.17) is 6.42 Å². The standard InChI is InChI=1S/C26H4.24H2/c1-3-5-7-9-11-13-15-17-19-21-23-25-26-24-22-20-18-16-14-12-10-8-6-4-2;;;;;;;;;;;;;;;;;;;;;;;;/h1,4H,2H2;24*1H. The molecule has 0 amide bonds. The van der Waals surface area contributed by atoms with E-state index >= 15 is 0 Å². The van der Waals surface area contributed by atoms with Gasteiger partial charge in [0.05, 0.1) is 0 Å². The molecule has 0 saturated carbocycles. The molecule has 156 valence electrons. The minimum atomic E-state index is 0. The fourth-order valence-corrected chi connectivity index (χ4v) is 0.717. The van der Waals surface area contributed by atoms with Crippen molar-refractivity contribution in [3.05, 3.63) is 12.7 Å². The van der Waals surface area contributed by atoms with Crippen LogP contribution in [0.1, 0.15) is 34.2 Å². The Morgan fingerprint density at radius 2 is 0.654 bits per heavy atom. The summed E-state index contributed by atoms with van der Waals surface area (Å²) in [5.41, 5.74) is 0. The van der Waals surface area contributed by atoms with E-state index in [1.807, 2.05) is 0 Å². The Kier molecular flexibility index (Phi) is 15.3. The molecule has 0 aliphatic carbocycles. The Hall–Kier alpha value is -5.54. The van der Waals surface area contributed by atoms with E-state index in [-0.39, 0.29) is 34.2 Å². The first-order valence-electron chi connectivity index (χ1n) is 6.49. The lowest BCUT2D eigenvalue weighted by atomic mass is 10.4. The van der Waals surface area contributed by atoms with Gasteiger partial charge < -0.3 is 0 Å². The van der Waals surface area contributed by atoms with Crippen molar-refractivity contribution in [1.82, 2.24) is 0 Å². The number of hydrogen-bond acceptors (Lipinski definition) is 0. The summed E-state index contributed by atoms with van der Waals surface area (Å²) in [4.78, 5) is 0. The highest BCUT2D eigenvalue weighted by atomic mass is 13.6. The van der Waals surface area contributed by atoms with Gasteiger partial charge in [0.15, 0.2) is 0 Å². The quantitative estimate of drug-likeness (QED) is 0.417. The van der Waals surface area contributed by atoms with Crippen LogP contribution in [-0.4, -0.2) is 0 Å². The van der Waals surface area contributed by atoms with Gasteiger partial charge in [-0.3, -0.25) is 0 Å². The third-order valence-electron chi connectivity index (χ3n) is 1.50. The van der Waals surface area contributed by atoms with E-state index in [1.165, 1.54) is 6.08 Å². The summed E-state index contributed by atoms with van der Waals surface area (Å²) in [5.74, 6) is 56.7. The van der Waals surface area contributed by atoms with Crippen LogP contribution in [0.2, 0.25) is 0 Å². The molecule has 0 rings (SSSR count). The maximum absolute atomic E-state index is 4.91. The molecule has 0 unspecified atom stereocenters. The van der Waals surface area contributed by atoms with E-state index in [0.717, 1.165) is 0 Å². The molecule has 0 heteroatoms.